The average Bonchev–Trinajstić information content (AvgIpc) is 3.10. The SMILES string of the molecule is OC1CC(c2cc(N3CCC(c4nnc5ccccn45)CC3)ncn2)C1. The summed E-state index contributed by atoms with van der Waals surface area (Å²) >= 11 is 0. The van der Waals surface area contributed by atoms with Crippen LogP contribution in [0.2, 0.25) is 0 Å². The molecular weight excluding hydrogens is 328 g/mol. The number of fused-ring (bicyclic) bond motifs is 1. The third-order valence-corrected chi connectivity index (χ3v) is 5.73. The lowest BCUT2D eigenvalue weighted by atomic mass is 9.80. The van der Waals surface area contributed by atoms with Gasteiger partial charge in [0.25, 0.3) is 0 Å². The van der Waals surface area contributed by atoms with Crippen molar-refractivity contribution in [3.63, 3.8) is 0 Å². The van der Waals surface area contributed by atoms with Crippen LogP contribution in [0.15, 0.2) is 36.8 Å². The van der Waals surface area contributed by atoms with Gasteiger partial charge in [-0.3, -0.25) is 4.40 Å². The van der Waals surface area contributed by atoms with Crippen LogP contribution in [-0.4, -0.2) is 48.9 Å². The maximum atomic E-state index is 9.53. The van der Waals surface area contributed by atoms with Crippen LogP contribution in [0.4, 0.5) is 5.82 Å². The van der Waals surface area contributed by atoms with Gasteiger partial charge in [-0.1, -0.05) is 6.07 Å². The molecule has 2 aliphatic rings. The van der Waals surface area contributed by atoms with Crippen molar-refractivity contribution in [2.24, 2.45) is 0 Å². The molecule has 4 heterocycles. The molecular formula is C19H22N6O. The molecule has 0 aromatic carbocycles. The Morgan fingerprint density at radius 3 is 2.65 bits per heavy atom. The van der Waals surface area contributed by atoms with E-state index in [0.29, 0.717) is 11.8 Å². The summed E-state index contributed by atoms with van der Waals surface area (Å²) in [7, 11) is 0. The van der Waals surface area contributed by atoms with E-state index in [0.717, 1.165) is 61.8 Å². The summed E-state index contributed by atoms with van der Waals surface area (Å²) in [5.41, 5.74) is 1.97. The van der Waals surface area contributed by atoms with Gasteiger partial charge in [0.15, 0.2) is 5.65 Å². The summed E-state index contributed by atoms with van der Waals surface area (Å²) in [6, 6.07) is 8.10. The third kappa shape index (κ3) is 2.72. The molecule has 3 aromatic heterocycles. The molecule has 0 bridgehead atoms. The first kappa shape index (κ1) is 15.7. The van der Waals surface area contributed by atoms with E-state index >= 15 is 0 Å². The van der Waals surface area contributed by atoms with E-state index in [1.54, 1.807) is 6.33 Å². The zero-order valence-corrected chi connectivity index (χ0v) is 14.6. The van der Waals surface area contributed by atoms with Crippen molar-refractivity contribution in [1.29, 1.82) is 0 Å². The molecule has 3 aromatic rings. The second-order valence-corrected chi connectivity index (χ2v) is 7.37. The minimum atomic E-state index is -0.160. The van der Waals surface area contributed by atoms with E-state index in [9.17, 15) is 5.11 Å². The zero-order valence-electron chi connectivity index (χ0n) is 14.6. The highest BCUT2D eigenvalue weighted by Crippen LogP contribution is 2.37. The second kappa shape index (κ2) is 6.32. The van der Waals surface area contributed by atoms with Gasteiger partial charge in [0.05, 0.1) is 6.10 Å². The number of hydrogen-bond donors (Lipinski definition) is 1. The van der Waals surface area contributed by atoms with Crippen LogP contribution in [0.3, 0.4) is 0 Å². The van der Waals surface area contributed by atoms with E-state index in [1.165, 1.54) is 0 Å². The van der Waals surface area contributed by atoms with Crippen LogP contribution >= 0.6 is 0 Å². The molecule has 1 saturated heterocycles. The van der Waals surface area contributed by atoms with Gasteiger partial charge in [0.1, 0.15) is 18.0 Å². The Balaban J connectivity index is 1.29. The highest BCUT2D eigenvalue weighted by Gasteiger charge is 2.31. The monoisotopic (exact) mass is 350 g/mol. The molecule has 0 spiro atoms. The lowest BCUT2D eigenvalue weighted by Gasteiger charge is -2.34. The molecule has 7 heteroatoms. The fourth-order valence-electron chi connectivity index (χ4n) is 4.09. The van der Waals surface area contributed by atoms with E-state index in [-0.39, 0.29) is 6.10 Å². The fraction of sp³-hybridized carbons (Fsp3) is 0.474. The molecule has 1 saturated carbocycles. The first-order chi connectivity index (χ1) is 12.8. The van der Waals surface area contributed by atoms with E-state index < -0.39 is 0 Å². The highest BCUT2D eigenvalue weighted by atomic mass is 16.3. The third-order valence-electron chi connectivity index (χ3n) is 5.73. The summed E-state index contributed by atoms with van der Waals surface area (Å²) in [6.45, 7) is 1.91. The lowest BCUT2D eigenvalue weighted by molar-refractivity contribution is 0.0732. The van der Waals surface area contributed by atoms with Crippen molar-refractivity contribution < 1.29 is 5.11 Å². The first-order valence-corrected chi connectivity index (χ1v) is 9.32. The molecule has 1 aliphatic carbocycles. The van der Waals surface area contributed by atoms with E-state index in [4.69, 9.17) is 0 Å². The van der Waals surface area contributed by atoms with Gasteiger partial charge >= 0.3 is 0 Å². The van der Waals surface area contributed by atoms with Crippen LogP contribution in [-0.2, 0) is 0 Å². The lowest BCUT2D eigenvalue weighted by Crippen LogP contribution is -2.34. The Morgan fingerprint density at radius 1 is 1.00 bits per heavy atom. The van der Waals surface area contributed by atoms with Crippen LogP contribution in [0.25, 0.3) is 5.65 Å². The summed E-state index contributed by atoms with van der Waals surface area (Å²) in [5, 5.41) is 18.2. The number of nitrogens with zero attached hydrogens (tertiary/aromatic N) is 6. The van der Waals surface area contributed by atoms with Crippen LogP contribution in [0.1, 0.15) is 49.0 Å². The number of aliphatic hydroxyl groups excluding tert-OH is 1. The minimum absolute atomic E-state index is 0.160. The normalized spacial score (nSPS) is 24.0. The number of anilines is 1. The first-order valence-electron chi connectivity index (χ1n) is 9.32. The number of piperidine rings is 1. The second-order valence-electron chi connectivity index (χ2n) is 7.37. The molecule has 0 atom stereocenters. The van der Waals surface area contributed by atoms with Gasteiger partial charge in [-0.05, 0) is 37.8 Å². The molecule has 1 aliphatic heterocycles. The number of aromatic nitrogens is 5. The van der Waals surface area contributed by atoms with Crippen LogP contribution in [0.5, 0.6) is 0 Å². The zero-order chi connectivity index (χ0) is 17.5. The van der Waals surface area contributed by atoms with Crippen molar-refractivity contribution in [2.45, 2.75) is 43.6 Å². The summed E-state index contributed by atoms with van der Waals surface area (Å²) in [5.74, 6) is 2.87. The molecule has 0 amide bonds. The van der Waals surface area contributed by atoms with Gasteiger partial charge in [-0.15, -0.1) is 10.2 Å². The van der Waals surface area contributed by atoms with Crippen molar-refractivity contribution >= 4 is 11.5 Å². The maximum Gasteiger partial charge on any atom is 0.160 e. The molecule has 1 N–H and O–H groups in total. The largest absolute Gasteiger partial charge is 0.393 e. The summed E-state index contributed by atoms with van der Waals surface area (Å²) < 4.78 is 2.10. The predicted molar refractivity (Wildman–Crippen MR) is 97.2 cm³/mol. The molecule has 134 valence electrons. The summed E-state index contributed by atoms with van der Waals surface area (Å²) in [4.78, 5) is 11.2. The molecule has 0 radical (unpaired) electrons. The Kier molecular flexibility index (Phi) is 3.81. The van der Waals surface area contributed by atoms with Crippen molar-refractivity contribution in [3.8, 4) is 0 Å². The standard InChI is InChI=1S/C19H22N6O/c26-15-9-14(10-15)16-11-18(21-12-20-16)24-7-4-13(5-8-24)19-23-22-17-3-1-2-6-25(17)19/h1-3,6,11-15,26H,4-5,7-10H2. The molecule has 7 nitrogen and oxygen atoms in total. The van der Waals surface area contributed by atoms with Crippen LogP contribution < -0.4 is 4.90 Å². The molecule has 2 fully saturated rings. The quantitative estimate of drug-likeness (QED) is 0.780. The van der Waals surface area contributed by atoms with Gasteiger partial charge in [0, 0.05) is 42.9 Å². The number of rotatable bonds is 3. The Bertz CT molecular complexity index is 911. The number of pyridine rings is 1. The smallest absolute Gasteiger partial charge is 0.160 e. The van der Waals surface area contributed by atoms with E-state index in [1.807, 2.05) is 24.4 Å². The minimum Gasteiger partial charge on any atom is -0.393 e. The number of hydrogen-bond acceptors (Lipinski definition) is 6. The molecule has 26 heavy (non-hydrogen) atoms. The van der Waals surface area contributed by atoms with E-state index in [2.05, 4.69) is 35.5 Å². The van der Waals surface area contributed by atoms with Crippen molar-refractivity contribution in [3.05, 3.63) is 48.3 Å². The molecule has 5 rings (SSSR count). The summed E-state index contributed by atoms with van der Waals surface area (Å²) in [6.07, 6.45) is 7.26. The fourth-order valence-corrected chi connectivity index (χ4v) is 4.09. The number of aliphatic hydroxyl groups is 1. The van der Waals surface area contributed by atoms with Gasteiger partial charge in [-0.2, -0.15) is 0 Å². The van der Waals surface area contributed by atoms with Crippen molar-refractivity contribution in [1.82, 2.24) is 24.6 Å². The highest BCUT2D eigenvalue weighted by molar-refractivity contribution is 5.42. The Morgan fingerprint density at radius 2 is 1.85 bits per heavy atom. The van der Waals surface area contributed by atoms with Gasteiger partial charge in [0.2, 0.25) is 0 Å². The van der Waals surface area contributed by atoms with Crippen molar-refractivity contribution in [2.75, 3.05) is 18.0 Å². The van der Waals surface area contributed by atoms with Gasteiger partial charge < -0.3 is 10.0 Å². The maximum absolute atomic E-state index is 9.53. The van der Waals surface area contributed by atoms with Gasteiger partial charge in [-0.25, -0.2) is 9.97 Å². The Labute approximate surface area is 151 Å². The Hall–Kier alpha value is -2.54. The van der Waals surface area contributed by atoms with Crippen LogP contribution in [0, 0.1) is 0 Å². The predicted octanol–water partition coefficient (Wildman–Crippen LogP) is 2.14. The molecule has 0 unspecified atom stereocenters. The topological polar surface area (TPSA) is 79.4 Å². The average molecular weight is 350 g/mol.